The van der Waals surface area contributed by atoms with E-state index >= 15 is 0 Å². The summed E-state index contributed by atoms with van der Waals surface area (Å²) in [5.74, 6) is 0. The zero-order valence-electron chi connectivity index (χ0n) is 30.8. The summed E-state index contributed by atoms with van der Waals surface area (Å²) in [6.07, 6.45) is 0. The largest absolute Gasteiger partial charge is 0.310 e. The first-order valence-corrected chi connectivity index (χ1v) is 19.1. The van der Waals surface area contributed by atoms with Gasteiger partial charge in [0.05, 0.1) is 11.1 Å². The lowest BCUT2D eigenvalue weighted by atomic mass is 9.70. The van der Waals surface area contributed by atoms with Gasteiger partial charge in [-0.1, -0.05) is 171 Å². The van der Waals surface area contributed by atoms with Crippen LogP contribution in [0, 0.1) is 6.92 Å². The molecule has 1 spiro atoms. The fourth-order valence-electron chi connectivity index (χ4n) is 10.2. The summed E-state index contributed by atoms with van der Waals surface area (Å²) >= 11 is 0. The van der Waals surface area contributed by atoms with Gasteiger partial charge < -0.3 is 4.90 Å². The molecule has 1 atom stereocenters. The molecular weight excluding hydrogens is 651 g/mol. The van der Waals surface area contributed by atoms with Crippen molar-refractivity contribution in [3.8, 4) is 44.5 Å². The van der Waals surface area contributed by atoms with E-state index in [1.807, 2.05) is 0 Å². The smallest absolute Gasteiger partial charge is 0.0726 e. The molecule has 0 N–H and O–H groups in total. The molecule has 0 bridgehead atoms. The number of nitrogens with zero attached hydrogens (tertiary/aromatic N) is 1. The van der Waals surface area contributed by atoms with E-state index < -0.39 is 5.41 Å². The van der Waals surface area contributed by atoms with Gasteiger partial charge in [-0.2, -0.15) is 0 Å². The summed E-state index contributed by atoms with van der Waals surface area (Å²) in [6.45, 7) is 6.97. The highest BCUT2D eigenvalue weighted by molar-refractivity contribution is 5.97. The molecule has 3 aliphatic rings. The highest BCUT2D eigenvalue weighted by atomic mass is 15.1. The van der Waals surface area contributed by atoms with Gasteiger partial charge in [0.15, 0.2) is 0 Å². The number of hydrogen-bond acceptors (Lipinski definition) is 1. The molecule has 1 nitrogen and oxygen atoms in total. The van der Waals surface area contributed by atoms with Crippen molar-refractivity contribution in [2.24, 2.45) is 0 Å². The number of benzene rings is 8. The molecule has 1 heteroatoms. The normalized spacial score (nSPS) is 16.3. The standard InChI is InChI=1S/C53H39N/c1-34-25-28-43-40-19-8-12-22-46(40)53(49(43)31-34)47-23-13-9-20-41(47)44-30-27-37(33-50(44)53)54(51-24-14-10-17-38(51)35-15-5-4-6-16-35)36-26-29-42-39-18-7-11-21-45(39)52(2,3)48(42)32-36/h4-33H,1-3H3. The van der Waals surface area contributed by atoms with Crippen molar-refractivity contribution in [1.82, 2.24) is 0 Å². The lowest BCUT2D eigenvalue weighted by Gasteiger charge is -2.33. The van der Waals surface area contributed by atoms with Crippen LogP contribution in [0.3, 0.4) is 0 Å². The maximum atomic E-state index is 2.51. The zero-order valence-corrected chi connectivity index (χ0v) is 30.8. The Morgan fingerprint density at radius 2 is 0.796 bits per heavy atom. The summed E-state index contributed by atoms with van der Waals surface area (Å²) in [5, 5.41) is 0. The zero-order chi connectivity index (χ0) is 36.2. The monoisotopic (exact) mass is 689 g/mol. The summed E-state index contributed by atoms with van der Waals surface area (Å²) < 4.78 is 0. The van der Waals surface area contributed by atoms with Gasteiger partial charge in [-0.25, -0.2) is 0 Å². The highest BCUT2D eigenvalue weighted by Crippen LogP contribution is 2.63. The molecule has 0 radical (unpaired) electrons. The van der Waals surface area contributed by atoms with Crippen LogP contribution in [0.15, 0.2) is 182 Å². The van der Waals surface area contributed by atoms with E-state index in [1.165, 1.54) is 83.5 Å². The van der Waals surface area contributed by atoms with Crippen molar-refractivity contribution in [1.29, 1.82) is 0 Å². The summed E-state index contributed by atoms with van der Waals surface area (Å²) in [5.41, 5.74) is 22.7. The number of fused-ring (bicyclic) bond motifs is 13. The van der Waals surface area contributed by atoms with E-state index in [1.54, 1.807) is 0 Å². The molecule has 8 aromatic carbocycles. The molecule has 0 fully saturated rings. The molecule has 256 valence electrons. The fourth-order valence-corrected chi connectivity index (χ4v) is 10.2. The Labute approximate surface area is 317 Å². The first-order valence-electron chi connectivity index (χ1n) is 19.1. The maximum Gasteiger partial charge on any atom is 0.0726 e. The molecule has 3 aliphatic carbocycles. The van der Waals surface area contributed by atoms with Crippen molar-refractivity contribution < 1.29 is 0 Å². The minimum atomic E-state index is -0.425. The summed E-state index contributed by atoms with van der Waals surface area (Å²) in [7, 11) is 0. The van der Waals surface area contributed by atoms with E-state index in [0.717, 1.165) is 17.1 Å². The van der Waals surface area contributed by atoms with E-state index in [9.17, 15) is 0 Å². The predicted molar refractivity (Wildman–Crippen MR) is 225 cm³/mol. The van der Waals surface area contributed by atoms with E-state index in [0.29, 0.717) is 0 Å². The highest BCUT2D eigenvalue weighted by Gasteiger charge is 2.52. The third-order valence-corrected chi connectivity index (χ3v) is 12.5. The van der Waals surface area contributed by atoms with Gasteiger partial charge in [0, 0.05) is 22.4 Å². The van der Waals surface area contributed by atoms with Gasteiger partial charge in [-0.15, -0.1) is 0 Å². The second kappa shape index (κ2) is 11.3. The van der Waals surface area contributed by atoms with Crippen molar-refractivity contribution >= 4 is 17.1 Å². The number of rotatable bonds is 4. The van der Waals surface area contributed by atoms with Crippen LogP contribution in [0.4, 0.5) is 17.1 Å². The molecule has 0 aliphatic heterocycles. The Bertz CT molecular complexity index is 2810. The first kappa shape index (κ1) is 31.1. The minimum Gasteiger partial charge on any atom is -0.310 e. The predicted octanol–water partition coefficient (Wildman–Crippen LogP) is 13.8. The molecule has 0 heterocycles. The number of hydrogen-bond donors (Lipinski definition) is 0. The van der Waals surface area contributed by atoms with Crippen LogP contribution >= 0.6 is 0 Å². The lowest BCUT2D eigenvalue weighted by Crippen LogP contribution is -2.26. The molecular formula is C53H39N. The molecule has 8 aromatic rings. The fraction of sp³-hybridized carbons (Fsp3) is 0.0943. The Balaban J connectivity index is 1.20. The van der Waals surface area contributed by atoms with Crippen molar-refractivity contribution in [3.63, 3.8) is 0 Å². The molecule has 0 saturated carbocycles. The van der Waals surface area contributed by atoms with Crippen LogP contribution in [0.2, 0.25) is 0 Å². The van der Waals surface area contributed by atoms with Crippen LogP contribution < -0.4 is 4.90 Å². The SMILES string of the molecule is Cc1ccc2c(c1)C1(c3ccccc3-2)c2ccccc2-c2ccc(N(c3ccc4c(c3)C(C)(C)c3ccccc3-4)c3ccccc3-c3ccccc3)cc21. The van der Waals surface area contributed by atoms with Crippen molar-refractivity contribution in [2.45, 2.75) is 31.6 Å². The molecule has 11 rings (SSSR count). The van der Waals surface area contributed by atoms with Crippen molar-refractivity contribution in [2.75, 3.05) is 4.90 Å². The van der Waals surface area contributed by atoms with E-state index in [-0.39, 0.29) is 5.41 Å². The van der Waals surface area contributed by atoms with Gasteiger partial charge in [-0.3, -0.25) is 0 Å². The summed E-state index contributed by atoms with van der Waals surface area (Å²) in [6, 6.07) is 68.3. The van der Waals surface area contributed by atoms with Gasteiger partial charge in [0.25, 0.3) is 0 Å². The van der Waals surface area contributed by atoms with E-state index in [4.69, 9.17) is 0 Å². The lowest BCUT2D eigenvalue weighted by molar-refractivity contribution is 0.660. The second-order valence-electron chi connectivity index (χ2n) is 15.7. The molecule has 0 amide bonds. The molecule has 0 saturated heterocycles. The third-order valence-electron chi connectivity index (χ3n) is 12.5. The second-order valence-corrected chi connectivity index (χ2v) is 15.7. The van der Waals surface area contributed by atoms with Gasteiger partial charge in [-0.05, 0) is 110 Å². The average Bonchev–Trinajstić information content (AvgIpc) is 3.76. The van der Waals surface area contributed by atoms with Gasteiger partial charge in [0.1, 0.15) is 0 Å². The maximum absolute atomic E-state index is 2.51. The van der Waals surface area contributed by atoms with Crippen LogP contribution in [-0.2, 0) is 10.8 Å². The Morgan fingerprint density at radius 3 is 1.44 bits per heavy atom. The quantitative estimate of drug-likeness (QED) is 0.178. The Hall–Kier alpha value is -6.44. The van der Waals surface area contributed by atoms with Crippen LogP contribution in [0.25, 0.3) is 44.5 Å². The minimum absolute atomic E-state index is 0.120. The third kappa shape index (κ3) is 4.10. The van der Waals surface area contributed by atoms with Crippen LogP contribution in [-0.4, -0.2) is 0 Å². The molecule has 1 unspecified atom stereocenters. The topological polar surface area (TPSA) is 3.24 Å². The van der Waals surface area contributed by atoms with Crippen LogP contribution in [0.1, 0.15) is 52.8 Å². The van der Waals surface area contributed by atoms with E-state index in [2.05, 4.69) is 208 Å². The number of anilines is 3. The van der Waals surface area contributed by atoms with Crippen molar-refractivity contribution in [3.05, 3.63) is 221 Å². The van der Waals surface area contributed by atoms with Gasteiger partial charge >= 0.3 is 0 Å². The summed E-state index contributed by atoms with van der Waals surface area (Å²) in [4.78, 5) is 2.51. The first-order chi connectivity index (χ1) is 26.5. The molecule has 54 heavy (non-hydrogen) atoms. The number of para-hydroxylation sites is 1. The van der Waals surface area contributed by atoms with Crippen LogP contribution in [0.5, 0.6) is 0 Å². The number of aryl methyl sites for hydroxylation is 1. The average molecular weight is 690 g/mol. The Morgan fingerprint density at radius 1 is 0.352 bits per heavy atom. The van der Waals surface area contributed by atoms with Gasteiger partial charge in [0.2, 0.25) is 0 Å². The Kier molecular flexibility index (Phi) is 6.50. The molecule has 0 aromatic heterocycles.